The molecule has 1 N–H and O–H groups in total. The molecule has 0 aromatic heterocycles. The fraction of sp³-hybridized carbons (Fsp3) is 0.167. The van der Waals surface area contributed by atoms with Gasteiger partial charge in [0.1, 0.15) is 4.90 Å². The monoisotopic (exact) mass is 257 g/mol. The van der Waals surface area contributed by atoms with Crippen LogP contribution in [0.1, 0.15) is 8.22 Å². The minimum Gasteiger partial charge on any atom is -0.377 e. The zero-order valence-corrected chi connectivity index (χ0v) is 9.40. The third-order valence-corrected chi connectivity index (χ3v) is 3.29. The van der Waals surface area contributed by atoms with Gasteiger partial charge in [-0.3, -0.25) is 4.55 Å². The van der Waals surface area contributed by atoms with E-state index in [4.69, 9.17) is 8.22 Å². The third-order valence-electron chi connectivity index (χ3n) is 2.38. The largest absolute Gasteiger partial charge is 0.377 e. The first-order valence-electron chi connectivity index (χ1n) is 7.63. The van der Waals surface area contributed by atoms with Gasteiger partial charge in [-0.1, -0.05) is 24.3 Å². The van der Waals surface area contributed by atoms with Crippen molar-refractivity contribution in [3.63, 3.8) is 0 Å². The Bertz CT molecular complexity index is 830. The number of hydrogen-bond donors (Lipinski definition) is 1. The number of hydrogen-bond acceptors (Lipinski definition) is 3. The molecule has 0 fully saturated rings. The van der Waals surface area contributed by atoms with Crippen molar-refractivity contribution in [2.24, 2.45) is 0 Å². The van der Waals surface area contributed by atoms with Crippen molar-refractivity contribution in [1.82, 2.24) is 0 Å². The van der Waals surface area contributed by atoms with Crippen LogP contribution in [-0.2, 0) is 10.1 Å². The molecular weight excluding hydrogens is 238 g/mol. The number of anilines is 1. The van der Waals surface area contributed by atoms with Gasteiger partial charge in [0.15, 0.2) is 0 Å². The molecule has 4 nitrogen and oxygen atoms in total. The second-order valence-electron chi connectivity index (χ2n) is 3.44. The highest BCUT2D eigenvalue weighted by molar-refractivity contribution is 7.86. The van der Waals surface area contributed by atoms with Crippen LogP contribution in [0.2, 0.25) is 0 Å². The van der Waals surface area contributed by atoms with Crippen LogP contribution in [0.4, 0.5) is 5.69 Å². The van der Waals surface area contributed by atoms with Crippen molar-refractivity contribution in [2.75, 3.05) is 18.9 Å². The van der Waals surface area contributed by atoms with Crippen LogP contribution in [0.25, 0.3) is 10.8 Å². The Morgan fingerprint density at radius 3 is 2.41 bits per heavy atom. The smallest absolute Gasteiger partial charge is 0.295 e. The third kappa shape index (κ3) is 2.11. The van der Waals surface area contributed by atoms with Gasteiger partial charge in [-0.25, -0.2) is 0 Å². The maximum Gasteiger partial charge on any atom is 0.295 e. The van der Waals surface area contributed by atoms with E-state index in [9.17, 15) is 13.0 Å². The van der Waals surface area contributed by atoms with Gasteiger partial charge >= 0.3 is 0 Å². The fourth-order valence-corrected chi connectivity index (χ4v) is 2.39. The molecule has 2 aromatic carbocycles. The Morgan fingerprint density at radius 2 is 1.76 bits per heavy atom. The summed E-state index contributed by atoms with van der Waals surface area (Å²) in [4.78, 5) is -0.149. The van der Waals surface area contributed by atoms with Gasteiger partial charge < -0.3 is 4.90 Å². The molecule has 0 aliphatic rings. The summed E-state index contributed by atoms with van der Waals surface area (Å²) in [7, 11) is -4.54. The predicted octanol–water partition coefficient (Wildman–Crippen LogP) is 2.15. The molecular formula is C12H13NO3S. The van der Waals surface area contributed by atoms with E-state index in [0.717, 1.165) is 6.07 Å². The highest BCUT2D eigenvalue weighted by Gasteiger charge is 2.14. The van der Waals surface area contributed by atoms with Crippen LogP contribution >= 0.6 is 0 Å². The minimum atomic E-state index is -4.54. The molecule has 0 bridgehead atoms. The summed E-state index contributed by atoms with van der Waals surface area (Å²) in [6.07, 6.45) is 0. The normalized spacial score (nSPS) is 18.4. The van der Waals surface area contributed by atoms with Crippen molar-refractivity contribution < 1.29 is 21.2 Å². The summed E-state index contributed by atoms with van der Waals surface area (Å²) < 4.78 is 76.9. The van der Waals surface area contributed by atoms with Gasteiger partial charge in [-0.05, 0) is 12.1 Å². The molecule has 0 spiro atoms. The number of rotatable bonds is 2. The molecule has 0 amide bonds. The highest BCUT2D eigenvalue weighted by Crippen LogP contribution is 2.29. The van der Waals surface area contributed by atoms with E-state index in [1.54, 1.807) is 0 Å². The molecule has 0 aliphatic carbocycles. The average molecular weight is 257 g/mol. The first-order valence-corrected chi connectivity index (χ1v) is 6.07. The predicted molar refractivity (Wildman–Crippen MR) is 68.1 cm³/mol. The van der Waals surface area contributed by atoms with Crippen LogP contribution < -0.4 is 4.90 Å². The van der Waals surface area contributed by atoms with Crippen molar-refractivity contribution in [3.05, 3.63) is 36.4 Å². The van der Waals surface area contributed by atoms with Crippen molar-refractivity contribution in [1.29, 1.82) is 0 Å². The van der Waals surface area contributed by atoms with Gasteiger partial charge in [0.25, 0.3) is 10.1 Å². The summed E-state index contributed by atoms with van der Waals surface area (Å²) in [6.45, 7) is -5.93. The number of nitrogens with zero attached hydrogens (tertiary/aromatic N) is 1. The van der Waals surface area contributed by atoms with Crippen molar-refractivity contribution >= 4 is 26.6 Å². The standard InChI is InChI=1S/C12H13NO3S/c1-13(2)11-7-3-6-10-9(11)5-4-8-12(10)17(14,15)16/h3-8H,1-2H3,(H,14,15,16)/i1D3,2D3. The van der Waals surface area contributed by atoms with Gasteiger partial charge in [0.05, 0.1) is 0 Å². The zero-order valence-electron chi connectivity index (χ0n) is 14.6. The zero-order chi connectivity index (χ0) is 17.6. The topological polar surface area (TPSA) is 57.6 Å². The van der Waals surface area contributed by atoms with E-state index >= 15 is 0 Å². The van der Waals surface area contributed by atoms with E-state index in [2.05, 4.69) is 0 Å². The lowest BCUT2D eigenvalue weighted by molar-refractivity contribution is 0.484. The van der Waals surface area contributed by atoms with E-state index in [-0.39, 0.29) is 21.4 Å². The molecule has 0 aliphatic heterocycles. The van der Waals surface area contributed by atoms with Crippen LogP contribution in [0.5, 0.6) is 0 Å². The maximum absolute atomic E-state index is 11.4. The Balaban J connectivity index is 2.87. The lowest BCUT2D eigenvalue weighted by atomic mass is 10.1. The molecule has 5 heteroatoms. The first kappa shape index (κ1) is 6.37. The van der Waals surface area contributed by atoms with E-state index in [0.29, 0.717) is 0 Å². The summed E-state index contributed by atoms with van der Waals surface area (Å²) in [5, 5.41) is 0.126. The minimum absolute atomic E-state index is 0.0333. The van der Waals surface area contributed by atoms with Gasteiger partial charge in [-0.2, -0.15) is 8.42 Å². The van der Waals surface area contributed by atoms with Gasteiger partial charge in [0.2, 0.25) is 0 Å². The first-order chi connectivity index (χ1) is 10.3. The molecule has 0 unspecified atom stereocenters. The molecule has 0 atom stereocenters. The van der Waals surface area contributed by atoms with Crippen molar-refractivity contribution in [2.45, 2.75) is 4.90 Å². The number of benzene rings is 2. The summed E-state index contributed by atoms with van der Waals surface area (Å²) in [5.41, 5.74) is -0.173. The molecule has 0 heterocycles. The van der Waals surface area contributed by atoms with Gasteiger partial charge in [-0.15, -0.1) is 0 Å². The van der Waals surface area contributed by atoms with Gasteiger partial charge in [0, 0.05) is 38.6 Å². The van der Waals surface area contributed by atoms with Crippen LogP contribution in [-0.4, -0.2) is 26.9 Å². The summed E-state index contributed by atoms with van der Waals surface area (Å²) in [6, 6.07) is 7.80. The lowest BCUT2D eigenvalue weighted by Crippen LogP contribution is -2.09. The van der Waals surface area contributed by atoms with E-state index < -0.39 is 29.0 Å². The molecule has 17 heavy (non-hydrogen) atoms. The molecule has 0 saturated heterocycles. The molecule has 2 aromatic rings. The summed E-state index contributed by atoms with van der Waals surface area (Å²) >= 11 is 0. The SMILES string of the molecule is [2H]C([2H])([2H])N(c1cccc2c(S(=O)(=O)O)cccc12)C([2H])([2H])[2H]. The van der Waals surface area contributed by atoms with Crippen LogP contribution in [0, 0.1) is 0 Å². The summed E-state index contributed by atoms with van der Waals surface area (Å²) in [5.74, 6) is 0. The Kier molecular flexibility index (Phi) is 1.50. The maximum atomic E-state index is 11.4. The van der Waals surface area contributed by atoms with Crippen LogP contribution in [0.15, 0.2) is 41.3 Å². The molecule has 0 saturated carbocycles. The van der Waals surface area contributed by atoms with Crippen molar-refractivity contribution in [3.8, 4) is 0 Å². The quantitative estimate of drug-likeness (QED) is 0.838. The second kappa shape index (κ2) is 4.01. The fourth-order valence-electron chi connectivity index (χ4n) is 1.68. The highest BCUT2D eigenvalue weighted by atomic mass is 32.2. The lowest BCUT2D eigenvalue weighted by Gasteiger charge is -2.16. The van der Waals surface area contributed by atoms with E-state index in [1.165, 1.54) is 30.3 Å². The molecule has 2 rings (SSSR count). The second-order valence-corrected chi connectivity index (χ2v) is 4.83. The van der Waals surface area contributed by atoms with Crippen LogP contribution in [0.3, 0.4) is 0 Å². The Morgan fingerprint density at radius 1 is 1.12 bits per heavy atom. The number of fused-ring (bicyclic) bond motifs is 1. The molecule has 0 radical (unpaired) electrons. The Hall–Kier alpha value is -1.59. The Labute approximate surface area is 109 Å². The molecule has 90 valence electrons. The van der Waals surface area contributed by atoms with E-state index in [1.807, 2.05) is 0 Å². The average Bonchev–Trinajstić information content (AvgIpc) is 2.34.